The number of aryl methyl sites for hydroxylation is 1. The molecular weight excluding hydrogens is 352 g/mol. The topological polar surface area (TPSA) is 98.5 Å². The Bertz CT molecular complexity index is 925. The predicted molar refractivity (Wildman–Crippen MR) is 100 cm³/mol. The molecule has 0 amide bonds. The third-order valence-corrected chi connectivity index (χ3v) is 5.91. The molecule has 0 saturated heterocycles. The van der Waals surface area contributed by atoms with Crippen LogP contribution in [0.15, 0.2) is 42.5 Å². The molecule has 0 bridgehead atoms. The van der Waals surface area contributed by atoms with E-state index >= 15 is 0 Å². The zero-order chi connectivity index (χ0) is 18.7. The molecule has 3 N–H and O–H groups in total. The van der Waals surface area contributed by atoms with E-state index in [1.807, 2.05) is 12.1 Å². The van der Waals surface area contributed by atoms with Crippen molar-refractivity contribution in [2.75, 3.05) is 12.8 Å². The van der Waals surface area contributed by atoms with E-state index in [2.05, 4.69) is 4.72 Å². The molecule has 0 fully saturated rings. The number of sulfonamides is 1. The molecule has 6 nitrogen and oxygen atoms in total. The van der Waals surface area contributed by atoms with Crippen LogP contribution in [-0.4, -0.2) is 21.5 Å². The molecule has 1 aliphatic carbocycles. The summed E-state index contributed by atoms with van der Waals surface area (Å²) in [6.07, 6.45) is 2.51. The van der Waals surface area contributed by atoms with Gasteiger partial charge in [0.1, 0.15) is 0 Å². The Morgan fingerprint density at radius 3 is 2.81 bits per heavy atom. The second-order valence-corrected chi connectivity index (χ2v) is 8.18. The normalized spacial score (nSPS) is 16.7. The summed E-state index contributed by atoms with van der Waals surface area (Å²) in [6.45, 7) is 0. The monoisotopic (exact) mass is 374 g/mol. The van der Waals surface area contributed by atoms with E-state index in [1.165, 1.54) is 7.11 Å². The first-order chi connectivity index (χ1) is 12.4. The van der Waals surface area contributed by atoms with Gasteiger partial charge < -0.3 is 10.5 Å². The molecule has 3 rings (SSSR count). The first-order valence-corrected chi connectivity index (χ1v) is 10.1. The number of fused-ring (bicyclic) bond motifs is 1. The average molecular weight is 374 g/mol. The van der Waals surface area contributed by atoms with Crippen molar-refractivity contribution in [1.82, 2.24) is 4.72 Å². The highest BCUT2D eigenvalue weighted by atomic mass is 32.2. The van der Waals surface area contributed by atoms with Crippen LogP contribution in [0.2, 0.25) is 0 Å². The number of hydrogen-bond donors (Lipinski definition) is 2. The maximum Gasteiger partial charge on any atom is 0.338 e. The van der Waals surface area contributed by atoms with Crippen molar-refractivity contribution in [3.8, 4) is 0 Å². The molecule has 26 heavy (non-hydrogen) atoms. The summed E-state index contributed by atoms with van der Waals surface area (Å²) in [5.74, 6) is -0.826. The summed E-state index contributed by atoms with van der Waals surface area (Å²) in [6, 6.07) is 11.9. The molecule has 1 aliphatic rings. The number of esters is 1. The Labute approximate surface area is 153 Å². The largest absolute Gasteiger partial charge is 0.465 e. The summed E-state index contributed by atoms with van der Waals surface area (Å²) in [5, 5.41) is 0. The number of nitrogen functional groups attached to an aromatic ring is 1. The van der Waals surface area contributed by atoms with Gasteiger partial charge in [0.15, 0.2) is 0 Å². The van der Waals surface area contributed by atoms with Gasteiger partial charge in [0.2, 0.25) is 10.0 Å². The minimum atomic E-state index is -3.64. The lowest BCUT2D eigenvalue weighted by atomic mass is 9.88. The maximum atomic E-state index is 12.7. The molecule has 0 heterocycles. The van der Waals surface area contributed by atoms with Crippen molar-refractivity contribution in [2.24, 2.45) is 0 Å². The molecule has 0 aliphatic heterocycles. The Balaban J connectivity index is 1.83. The van der Waals surface area contributed by atoms with Gasteiger partial charge >= 0.3 is 5.97 Å². The summed E-state index contributed by atoms with van der Waals surface area (Å²) < 4.78 is 33.0. The van der Waals surface area contributed by atoms with Gasteiger partial charge in [-0.25, -0.2) is 17.9 Å². The van der Waals surface area contributed by atoms with Gasteiger partial charge in [-0.15, -0.1) is 0 Å². The van der Waals surface area contributed by atoms with Crippen molar-refractivity contribution in [2.45, 2.75) is 31.1 Å². The van der Waals surface area contributed by atoms with Gasteiger partial charge in [-0.2, -0.15) is 0 Å². The molecule has 138 valence electrons. The fraction of sp³-hybridized carbons (Fsp3) is 0.316. The average Bonchev–Trinajstić information content (AvgIpc) is 2.60. The highest BCUT2D eigenvalue weighted by Gasteiger charge is 2.26. The number of carbonyl (C=O) groups excluding carboxylic acids is 1. The third-order valence-electron chi connectivity index (χ3n) is 4.57. The quantitative estimate of drug-likeness (QED) is 0.619. The van der Waals surface area contributed by atoms with E-state index in [1.54, 1.807) is 30.3 Å². The number of nitrogens with two attached hydrogens (primary N) is 1. The van der Waals surface area contributed by atoms with E-state index in [0.29, 0.717) is 11.3 Å². The smallest absolute Gasteiger partial charge is 0.338 e. The third kappa shape index (κ3) is 4.05. The molecule has 2 aromatic carbocycles. The molecule has 1 atom stereocenters. The van der Waals surface area contributed by atoms with Crippen LogP contribution in [0, 0.1) is 0 Å². The van der Waals surface area contributed by atoms with Crippen molar-refractivity contribution in [1.29, 1.82) is 0 Å². The molecule has 0 saturated carbocycles. The second kappa shape index (κ2) is 7.47. The summed E-state index contributed by atoms with van der Waals surface area (Å²) in [7, 11) is -2.37. The number of ether oxygens (including phenoxy) is 1. The fourth-order valence-electron chi connectivity index (χ4n) is 3.38. The Morgan fingerprint density at radius 1 is 1.27 bits per heavy atom. The van der Waals surface area contributed by atoms with Crippen LogP contribution in [0.3, 0.4) is 0 Å². The Hall–Kier alpha value is -2.38. The summed E-state index contributed by atoms with van der Waals surface area (Å²) >= 11 is 0. The first-order valence-electron chi connectivity index (χ1n) is 8.44. The number of rotatable bonds is 5. The standard InChI is InChI=1S/C19H22N2O4S/c1-25-19(22)17-7-3-2-5-14(17)12-26(23,24)21-18-8-4-6-13-11-15(20)9-10-16(13)18/h2-3,5,7,9-11,18,21H,4,6,8,12,20H2,1H3. The summed E-state index contributed by atoms with van der Waals surface area (Å²) in [5.41, 5.74) is 9.24. The van der Waals surface area contributed by atoms with Gasteiger partial charge in [-0.3, -0.25) is 0 Å². The Kier molecular flexibility index (Phi) is 5.29. The van der Waals surface area contributed by atoms with Crippen LogP contribution >= 0.6 is 0 Å². The van der Waals surface area contributed by atoms with Gasteiger partial charge in [-0.1, -0.05) is 24.3 Å². The van der Waals surface area contributed by atoms with E-state index in [9.17, 15) is 13.2 Å². The molecule has 0 aromatic heterocycles. The lowest BCUT2D eigenvalue weighted by Crippen LogP contribution is -2.32. The number of carbonyl (C=O) groups is 1. The minimum Gasteiger partial charge on any atom is -0.465 e. The minimum absolute atomic E-state index is 0.261. The zero-order valence-electron chi connectivity index (χ0n) is 14.6. The van der Waals surface area contributed by atoms with E-state index in [0.717, 1.165) is 30.4 Å². The van der Waals surface area contributed by atoms with Crippen molar-refractivity contribution in [3.05, 3.63) is 64.7 Å². The van der Waals surface area contributed by atoms with Crippen LogP contribution in [-0.2, 0) is 26.9 Å². The fourth-order valence-corrected chi connectivity index (χ4v) is 4.80. The number of methoxy groups -OCH3 is 1. The highest BCUT2D eigenvalue weighted by Crippen LogP contribution is 2.31. The second-order valence-electron chi connectivity index (χ2n) is 6.43. The van der Waals surface area contributed by atoms with E-state index < -0.39 is 16.0 Å². The number of nitrogens with one attached hydrogen (secondary N) is 1. The van der Waals surface area contributed by atoms with Gasteiger partial charge in [0.05, 0.1) is 18.4 Å². The van der Waals surface area contributed by atoms with Crippen LogP contribution in [0.1, 0.15) is 45.9 Å². The maximum absolute atomic E-state index is 12.7. The lowest BCUT2D eigenvalue weighted by molar-refractivity contribution is 0.0600. The van der Waals surface area contributed by atoms with Crippen molar-refractivity contribution >= 4 is 21.7 Å². The first kappa shape index (κ1) is 18.4. The SMILES string of the molecule is COC(=O)c1ccccc1CS(=O)(=O)NC1CCCc2cc(N)ccc21. The van der Waals surface area contributed by atoms with Crippen molar-refractivity contribution in [3.63, 3.8) is 0 Å². The van der Waals surface area contributed by atoms with Crippen LogP contribution < -0.4 is 10.5 Å². The number of benzene rings is 2. The zero-order valence-corrected chi connectivity index (χ0v) is 15.4. The van der Waals surface area contributed by atoms with Crippen LogP contribution in [0.4, 0.5) is 5.69 Å². The molecule has 2 aromatic rings. The lowest BCUT2D eigenvalue weighted by Gasteiger charge is -2.26. The molecule has 0 spiro atoms. The van der Waals surface area contributed by atoms with Crippen LogP contribution in [0.5, 0.6) is 0 Å². The summed E-state index contributed by atoms with van der Waals surface area (Å²) in [4.78, 5) is 11.9. The molecule has 0 radical (unpaired) electrons. The van der Waals surface area contributed by atoms with Gasteiger partial charge in [0, 0.05) is 11.7 Å². The van der Waals surface area contributed by atoms with Crippen LogP contribution in [0.25, 0.3) is 0 Å². The molecule has 7 heteroatoms. The molecular formula is C19H22N2O4S. The van der Waals surface area contributed by atoms with Gasteiger partial charge in [0.25, 0.3) is 0 Å². The van der Waals surface area contributed by atoms with E-state index in [-0.39, 0.29) is 17.4 Å². The van der Waals surface area contributed by atoms with Gasteiger partial charge in [-0.05, 0) is 54.2 Å². The van der Waals surface area contributed by atoms with Crippen molar-refractivity contribution < 1.29 is 17.9 Å². The number of hydrogen-bond acceptors (Lipinski definition) is 5. The number of anilines is 1. The highest BCUT2D eigenvalue weighted by molar-refractivity contribution is 7.88. The predicted octanol–water partition coefficient (Wildman–Crippen LogP) is 2.55. The Morgan fingerprint density at radius 2 is 2.04 bits per heavy atom. The molecule has 1 unspecified atom stereocenters. The van der Waals surface area contributed by atoms with E-state index in [4.69, 9.17) is 10.5 Å².